The zero-order valence-electron chi connectivity index (χ0n) is 21.4. The van der Waals surface area contributed by atoms with Crippen LogP contribution in [-0.2, 0) is 33.4 Å². The molecule has 4 amide bonds. The third-order valence-electron chi connectivity index (χ3n) is 4.45. The monoisotopic (exact) mass is 498 g/mol. The summed E-state index contributed by atoms with van der Waals surface area (Å²) in [6, 6.07) is -0.363. The van der Waals surface area contributed by atoms with Gasteiger partial charge in [-0.25, -0.2) is 0 Å². The van der Waals surface area contributed by atoms with Gasteiger partial charge in [0.1, 0.15) is 0 Å². The lowest BCUT2D eigenvalue weighted by atomic mass is 10.3. The highest BCUT2D eigenvalue weighted by molar-refractivity contribution is 5.87. The van der Waals surface area contributed by atoms with Crippen molar-refractivity contribution < 1.29 is 33.4 Å². The topological polar surface area (TPSA) is 144 Å². The Kier molecular flexibility index (Phi) is 18.0. The molecule has 0 saturated heterocycles. The molecule has 11 nitrogen and oxygen atoms in total. The summed E-state index contributed by atoms with van der Waals surface area (Å²) in [7, 11) is 0. The summed E-state index contributed by atoms with van der Waals surface area (Å²) in [4.78, 5) is 45.8. The molecule has 0 radical (unpaired) electrons. The van der Waals surface area contributed by atoms with Gasteiger partial charge in [-0.1, -0.05) is 13.2 Å². The lowest BCUT2D eigenvalue weighted by Gasteiger charge is -2.21. The average molecular weight is 499 g/mol. The normalized spacial score (nSPS) is 14.1. The van der Waals surface area contributed by atoms with Gasteiger partial charge in [0.2, 0.25) is 23.6 Å². The minimum Gasteiger partial charge on any atom is -0.377 e. The highest BCUT2D eigenvalue weighted by Gasteiger charge is 2.13. The number of hydrogen-bond donors (Lipinski definition) is 4. The number of carbonyl (C=O) groups excluding carboxylic acids is 4. The fourth-order valence-corrected chi connectivity index (χ4v) is 2.64. The lowest BCUT2D eigenvalue weighted by molar-refractivity contribution is -0.123. The molecule has 0 heterocycles. The molecule has 0 aliphatic heterocycles. The summed E-state index contributed by atoms with van der Waals surface area (Å²) >= 11 is 0. The Morgan fingerprint density at radius 2 is 1.11 bits per heavy atom. The van der Waals surface area contributed by atoms with E-state index in [1.807, 2.05) is 27.7 Å². The van der Waals surface area contributed by atoms with Crippen LogP contribution in [0.4, 0.5) is 0 Å². The Morgan fingerprint density at radius 1 is 0.686 bits per heavy atom. The Morgan fingerprint density at radius 3 is 1.60 bits per heavy atom. The minimum atomic E-state index is -0.313. The molecule has 4 atom stereocenters. The van der Waals surface area contributed by atoms with Gasteiger partial charge in [0.05, 0.1) is 38.6 Å². The molecule has 0 aliphatic rings. The molecule has 0 rings (SSSR count). The van der Waals surface area contributed by atoms with E-state index in [2.05, 4.69) is 34.4 Å². The molecule has 0 aliphatic carbocycles. The molecule has 35 heavy (non-hydrogen) atoms. The summed E-state index contributed by atoms with van der Waals surface area (Å²) in [5, 5.41) is 10.7. The van der Waals surface area contributed by atoms with Gasteiger partial charge in [0, 0.05) is 38.0 Å². The van der Waals surface area contributed by atoms with Crippen molar-refractivity contribution in [2.75, 3.05) is 39.5 Å². The van der Waals surface area contributed by atoms with Crippen LogP contribution in [0.3, 0.4) is 0 Å². The second-order valence-corrected chi connectivity index (χ2v) is 8.25. The van der Waals surface area contributed by atoms with Crippen LogP contribution >= 0.6 is 0 Å². The van der Waals surface area contributed by atoms with E-state index in [-0.39, 0.29) is 73.9 Å². The van der Waals surface area contributed by atoms with Crippen LogP contribution in [0.1, 0.15) is 40.5 Å². The Bertz CT molecular complexity index is 687. The quantitative estimate of drug-likeness (QED) is 0.176. The molecule has 4 N–H and O–H groups in total. The second-order valence-electron chi connectivity index (χ2n) is 8.25. The predicted molar refractivity (Wildman–Crippen MR) is 133 cm³/mol. The van der Waals surface area contributed by atoms with Crippen molar-refractivity contribution in [3.8, 4) is 0 Å². The van der Waals surface area contributed by atoms with E-state index in [1.54, 1.807) is 0 Å². The first-order valence-electron chi connectivity index (χ1n) is 11.8. The third-order valence-corrected chi connectivity index (χ3v) is 4.45. The van der Waals surface area contributed by atoms with Crippen molar-refractivity contribution in [3.05, 3.63) is 25.3 Å². The summed E-state index contributed by atoms with van der Waals surface area (Å²) in [5.41, 5.74) is 0. The highest BCUT2D eigenvalue weighted by Crippen LogP contribution is 2.00. The van der Waals surface area contributed by atoms with Crippen LogP contribution in [0.5, 0.6) is 0 Å². The molecule has 0 saturated carbocycles. The highest BCUT2D eigenvalue weighted by atomic mass is 16.6. The van der Waals surface area contributed by atoms with Gasteiger partial charge in [-0.2, -0.15) is 0 Å². The fraction of sp³-hybridized carbons (Fsp3) is 0.667. The number of rotatable bonds is 20. The molecule has 0 aromatic rings. The maximum absolute atomic E-state index is 11.8. The van der Waals surface area contributed by atoms with Gasteiger partial charge in [0.15, 0.2) is 0 Å². The number of hydrogen-bond acceptors (Lipinski definition) is 7. The molecule has 0 bridgehead atoms. The van der Waals surface area contributed by atoms with E-state index in [0.717, 1.165) is 12.2 Å². The van der Waals surface area contributed by atoms with E-state index in [0.29, 0.717) is 26.4 Å². The summed E-state index contributed by atoms with van der Waals surface area (Å²) in [6.07, 6.45) is 2.32. The number of amides is 4. The zero-order valence-corrected chi connectivity index (χ0v) is 21.4. The van der Waals surface area contributed by atoms with Gasteiger partial charge in [-0.05, 0) is 39.8 Å². The zero-order chi connectivity index (χ0) is 26.6. The van der Waals surface area contributed by atoms with Gasteiger partial charge < -0.3 is 35.5 Å². The van der Waals surface area contributed by atoms with E-state index in [9.17, 15) is 19.2 Å². The van der Waals surface area contributed by atoms with Crippen molar-refractivity contribution in [2.24, 2.45) is 0 Å². The number of nitrogens with one attached hydrogen (secondary N) is 4. The lowest BCUT2D eigenvalue weighted by Crippen LogP contribution is -2.39. The average Bonchev–Trinajstić information content (AvgIpc) is 2.80. The summed E-state index contributed by atoms with van der Waals surface area (Å²) < 4.78 is 17.0. The molecular formula is C24H42N4O7. The third kappa shape index (κ3) is 19.3. The first-order valence-corrected chi connectivity index (χ1v) is 11.8. The Labute approximate surface area is 208 Å². The van der Waals surface area contributed by atoms with Crippen molar-refractivity contribution in [2.45, 2.75) is 64.8 Å². The largest absolute Gasteiger partial charge is 0.377 e. The summed E-state index contributed by atoms with van der Waals surface area (Å²) in [6.45, 7) is 16.0. The maximum Gasteiger partial charge on any atom is 0.243 e. The molecule has 200 valence electrons. The van der Waals surface area contributed by atoms with Gasteiger partial charge >= 0.3 is 0 Å². The molecule has 0 spiro atoms. The maximum atomic E-state index is 11.8. The standard InChI is InChI=1S/C24H42N4O7/c1-7-21(29)25-11-9-23(31)27-17(3)13-33-15-19(5)35-16-20(6)34-14-18(4)28-24(32)10-12-26-22(30)8-2/h7-8,17-20H,1-2,9-16H2,3-6H3,(H,25,29)(H,26,30)(H,27,31)(H,28,32). The number of ether oxygens (including phenoxy) is 3. The minimum absolute atomic E-state index is 0.166. The van der Waals surface area contributed by atoms with Crippen molar-refractivity contribution in [3.63, 3.8) is 0 Å². The molecule has 0 fully saturated rings. The molecule has 4 unspecified atom stereocenters. The molecule has 0 aromatic carbocycles. The Hall–Kier alpha value is -2.76. The van der Waals surface area contributed by atoms with Crippen LogP contribution in [-0.4, -0.2) is 87.4 Å². The smallest absolute Gasteiger partial charge is 0.243 e. The second kappa shape index (κ2) is 19.5. The van der Waals surface area contributed by atoms with Crippen LogP contribution in [0.15, 0.2) is 25.3 Å². The first-order chi connectivity index (χ1) is 16.6. The van der Waals surface area contributed by atoms with Crippen LogP contribution in [0.25, 0.3) is 0 Å². The molecular weight excluding hydrogens is 456 g/mol. The van der Waals surface area contributed by atoms with Crippen molar-refractivity contribution in [1.29, 1.82) is 0 Å². The SMILES string of the molecule is C=CC(=O)NCCC(=O)NC(C)COCC(C)OCC(C)OCC(C)NC(=O)CCNC(=O)C=C. The van der Waals surface area contributed by atoms with Crippen LogP contribution < -0.4 is 21.3 Å². The van der Waals surface area contributed by atoms with Gasteiger partial charge in [-0.3, -0.25) is 19.2 Å². The van der Waals surface area contributed by atoms with Crippen molar-refractivity contribution >= 4 is 23.6 Å². The van der Waals surface area contributed by atoms with E-state index < -0.39 is 0 Å². The Balaban J connectivity index is 3.87. The summed E-state index contributed by atoms with van der Waals surface area (Å²) in [5.74, 6) is -0.977. The van der Waals surface area contributed by atoms with Gasteiger partial charge in [-0.15, -0.1) is 0 Å². The van der Waals surface area contributed by atoms with Gasteiger partial charge in [0.25, 0.3) is 0 Å². The number of carbonyl (C=O) groups is 4. The molecule has 11 heteroatoms. The van der Waals surface area contributed by atoms with Crippen molar-refractivity contribution in [1.82, 2.24) is 21.3 Å². The van der Waals surface area contributed by atoms with Crippen LogP contribution in [0.2, 0.25) is 0 Å². The van der Waals surface area contributed by atoms with E-state index >= 15 is 0 Å². The first kappa shape index (κ1) is 32.2. The molecule has 0 aromatic heterocycles. The van der Waals surface area contributed by atoms with E-state index in [4.69, 9.17) is 14.2 Å². The van der Waals surface area contributed by atoms with Crippen LogP contribution in [0, 0.1) is 0 Å². The predicted octanol–water partition coefficient (Wildman–Crippen LogP) is 0.207. The fourth-order valence-electron chi connectivity index (χ4n) is 2.64. The van der Waals surface area contributed by atoms with E-state index in [1.165, 1.54) is 0 Å².